The second kappa shape index (κ2) is 9.09. The van der Waals surface area contributed by atoms with E-state index in [0.717, 1.165) is 16.6 Å². The van der Waals surface area contributed by atoms with Gasteiger partial charge in [0.05, 0.1) is 19.0 Å². The quantitative estimate of drug-likeness (QED) is 0.456. The number of oxime groups is 1. The molecule has 1 N–H and O–H groups in total. The minimum Gasteiger partial charge on any atom is -0.494 e. The molecule has 1 aromatic carbocycles. The van der Waals surface area contributed by atoms with E-state index in [0.29, 0.717) is 29.2 Å². The molecule has 10 nitrogen and oxygen atoms in total. The highest BCUT2D eigenvalue weighted by molar-refractivity contribution is 6.02. The third-order valence-electron chi connectivity index (χ3n) is 5.67. The summed E-state index contributed by atoms with van der Waals surface area (Å²) >= 11 is 0. The molecular weight excluding hydrogens is 453 g/mol. The monoisotopic (exact) mass is 475 g/mol. The van der Waals surface area contributed by atoms with E-state index in [-0.39, 0.29) is 30.0 Å². The maximum absolute atomic E-state index is 13.6. The number of nitrogens with one attached hydrogen (secondary N) is 1. The van der Waals surface area contributed by atoms with Gasteiger partial charge in [-0.05, 0) is 36.8 Å². The van der Waals surface area contributed by atoms with Crippen LogP contribution in [-0.4, -0.2) is 43.5 Å². The molecule has 3 aromatic heterocycles. The number of aromatic nitrogens is 5. The number of amides is 1. The van der Waals surface area contributed by atoms with E-state index in [1.165, 1.54) is 19.2 Å². The van der Waals surface area contributed by atoms with Crippen LogP contribution in [0.2, 0.25) is 0 Å². The maximum atomic E-state index is 13.6. The first-order valence-corrected chi connectivity index (χ1v) is 10.9. The normalized spacial score (nSPS) is 15.1. The Morgan fingerprint density at radius 3 is 2.94 bits per heavy atom. The first kappa shape index (κ1) is 22.4. The van der Waals surface area contributed by atoms with E-state index in [2.05, 4.69) is 30.5 Å². The molecule has 11 heteroatoms. The number of pyridine rings is 1. The molecule has 0 aliphatic carbocycles. The Morgan fingerprint density at radius 1 is 1.26 bits per heavy atom. The second-order valence-electron chi connectivity index (χ2n) is 8.12. The molecule has 4 heterocycles. The van der Waals surface area contributed by atoms with Gasteiger partial charge in [-0.25, -0.2) is 19.3 Å². The summed E-state index contributed by atoms with van der Waals surface area (Å²) in [5.74, 6) is -0.306. The molecule has 178 valence electrons. The van der Waals surface area contributed by atoms with Crippen molar-refractivity contribution >= 4 is 22.7 Å². The summed E-state index contributed by atoms with van der Waals surface area (Å²) in [5.41, 5.74) is 3.69. The fourth-order valence-electron chi connectivity index (χ4n) is 3.86. The number of benzene rings is 1. The predicted molar refractivity (Wildman–Crippen MR) is 124 cm³/mol. The van der Waals surface area contributed by atoms with Crippen LogP contribution >= 0.6 is 0 Å². The number of hydrogen-bond acceptors (Lipinski definition) is 8. The van der Waals surface area contributed by atoms with Crippen molar-refractivity contribution in [3.8, 4) is 5.75 Å². The molecule has 0 fully saturated rings. The third kappa shape index (κ3) is 4.52. The Kier molecular flexibility index (Phi) is 5.81. The Bertz CT molecular complexity index is 1470. The highest BCUT2D eigenvalue weighted by atomic mass is 19.1. The molecule has 1 unspecified atom stereocenters. The Labute approximate surface area is 199 Å². The Balaban J connectivity index is 1.29. The topological polar surface area (TPSA) is 116 Å². The van der Waals surface area contributed by atoms with Gasteiger partial charge in [0.25, 0.3) is 5.91 Å². The van der Waals surface area contributed by atoms with Crippen molar-refractivity contribution in [1.29, 1.82) is 0 Å². The van der Waals surface area contributed by atoms with Gasteiger partial charge < -0.3 is 14.9 Å². The molecule has 0 bridgehead atoms. The summed E-state index contributed by atoms with van der Waals surface area (Å²) in [5, 5.41) is 12.1. The van der Waals surface area contributed by atoms with Crippen LogP contribution in [0, 0.1) is 12.7 Å². The summed E-state index contributed by atoms with van der Waals surface area (Å²) in [6.45, 7) is 1.89. The van der Waals surface area contributed by atoms with Crippen molar-refractivity contribution in [2.75, 3.05) is 7.11 Å². The Hall–Kier alpha value is -4.41. The van der Waals surface area contributed by atoms with E-state index >= 15 is 0 Å². The molecule has 4 aromatic rings. The predicted octanol–water partition coefficient (Wildman–Crippen LogP) is 3.01. The fourth-order valence-corrected chi connectivity index (χ4v) is 3.86. The van der Waals surface area contributed by atoms with Crippen LogP contribution in [0.3, 0.4) is 0 Å². The molecule has 1 aliphatic heterocycles. The van der Waals surface area contributed by atoms with E-state index in [9.17, 15) is 9.18 Å². The number of aryl methyl sites for hydroxylation is 2. The number of fused-ring (bicyclic) bond motifs is 1. The summed E-state index contributed by atoms with van der Waals surface area (Å²) in [7, 11) is 3.23. The fraction of sp³-hybridized carbons (Fsp3) is 0.250. The van der Waals surface area contributed by atoms with Crippen LogP contribution < -0.4 is 10.1 Å². The zero-order chi connectivity index (χ0) is 24.5. The third-order valence-corrected chi connectivity index (χ3v) is 5.67. The van der Waals surface area contributed by atoms with Crippen LogP contribution in [0.25, 0.3) is 11.0 Å². The molecule has 1 amide bonds. The SMILES string of the molecule is COc1cc(CNC(=O)c2cc(C3=NOC(c4cnc5c(cnn5C)c4)C3)nc(C)n2)ccc1F. The number of rotatable bonds is 6. The largest absolute Gasteiger partial charge is 0.494 e. The number of ether oxygens (including phenoxy) is 1. The lowest BCUT2D eigenvalue weighted by atomic mass is 10.0. The minimum atomic E-state index is -0.465. The van der Waals surface area contributed by atoms with Crippen LogP contribution in [0.4, 0.5) is 4.39 Å². The average molecular weight is 475 g/mol. The average Bonchev–Trinajstić information content (AvgIpc) is 3.50. The summed E-state index contributed by atoms with van der Waals surface area (Å²) < 4.78 is 20.3. The molecule has 5 rings (SSSR count). The maximum Gasteiger partial charge on any atom is 0.270 e. The van der Waals surface area contributed by atoms with Gasteiger partial charge in [-0.1, -0.05) is 11.2 Å². The Morgan fingerprint density at radius 2 is 2.11 bits per heavy atom. The summed E-state index contributed by atoms with van der Waals surface area (Å²) in [6, 6.07) is 7.98. The lowest BCUT2D eigenvalue weighted by molar-refractivity contribution is 0.0856. The standard InChI is InChI=1S/C24H22FN7O3/c1-13-29-18(8-20(30-13)24(33)27-10-14-4-5-17(25)22(6-14)34-3)19-9-21(35-31-19)15-7-16-12-28-32(2)23(16)26-11-15/h4-8,11-12,21H,9-10H2,1-3H3,(H,27,33). The van der Waals surface area contributed by atoms with Crippen molar-refractivity contribution in [3.63, 3.8) is 0 Å². The minimum absolute atomic E-state index is 0.114. The molecular formula is C24H22FN7O3. The molecule has 35 heavy (non-hydrogen) atoms. The molecule has 0 radical (unpaired) electrons. The van der Waals surface area contributed by atoms with E-state index in [1.54, 1.807) is 36.1 Å². The molecule has 1 aliphatic rings. The van der Waals surface area contributed by atoms with Gasteiger partial charge in [-0.3, -0.25) is 9.48 Å². The number of halogens is 1. The van der Waals surface area contributed by atoms with E-state index in [1.807, 2.05) is 13.1 Å². The highest BCUT2D eigenvalue weighted by Gasteiger charge is 2.26. The van der Waals surface area contributed by atoms with Gasteiger partial charge in [0.15, 0.2) is 23.3 Å². The number of methoxy groups -OCH3 is 1. The van der Waals surface area contributed by atoms with Crippen molar-refractivity contribution in [2.45, 2.75) is 26.0 Å². The number of hydrogen-bond donors (Lipinski definition) is 1. The zero-order valence-electron chi connectivity index (χ0n) is 19.3. The molecule has 0 saturated heterocycles. The van der Waals surface area contributed by atoms with Gasteiger partial charge in [0.1, 0.15) is 17.2 Å². The van der Waals surface area contributed by atoms with Crippen molar-refractivity contribution in [2.24, 2.45) is 12.2 Å². The first-order valence-electron chi connectivity index (χ1n) is 10.9. The van der Waals surface area contributed by atoms with Crippen molar-refractivity contribution in [3.05, 3.63) is 76.9 Å². The van der Waals surface area contributed by atoms with Crippen LogP contribution in [-0.2, 0) is 18.4 Å². The summed E-state index contributed by atoms with van der Waals surface area (Å²) in [4.78, 5) is 31.6. The highest BCUT2D eigenvalue weighted by Crippen LogP contribution is 2.30. The van der Waals surface area contributed by atoms with E-state index in [4.69, 9.17) is 9.57 Å². The van der Waals surface area contributed by atoms with Crippen molar-refractivity contribution < 1.29 is 18.8 Å². The van der Waals surface area contributed by atoms with Gasteiger partial charge >= 0.3 is 0 Å². The molecule has 1 atom stereocenters. The van der Waals surface area contributed by atoms with Crippen LogP contribution in [0.5, 0.6) is 5.75 Å². The van der Waals surface area contributed by atoms with Crippen LogP contribution in [0.1, 0.15) is 45.7 Å². The van der Waals surface area contributed by atoms with Gasteiger partial charge in [0.2, 0.25) is 0 Å². The first-order chi connectivity index (χ1) is 16.9. The lowest BCUT2D eigenvalue weighted by Gasteiger charge is -2.09. The van der Waals surface area contributed by atoms with Gasteiger partial charge in [0, 0.05) is 37.2 Å². The number of nitrogens with zero attached hydrogens (tertiary/aromatic N) is 6. The number of carbonyl (C=O) groups is 1. The van der Waals surface area contributed by atoms with E-state index < -0.39 is 5.82 Å². The number of carbonyl (C=O) groups excluding carboxylic acids is 1. The second-order valence-corrected chi connectivity index (χ2v) is 8.12. The van der Waals surface area contributed by atoms with Gasteiger partial charge in [-0.15, -0.1) is 0 Å². The van der Waals surface area contributed by atoms with Crippen LogP contribution in [0.15, 0.2) is 47.9 Å². The summed E-state index contributed by atoms with van der Waals surface area (Å²) in [6.07, 6.45) is 3.66. The van der Waals surface area contributed by atoms with Gasteiger partial charge in [-0.2, -0.15) is 5.10 Å². The smallest absolute Gasteiger partial charge is 0.270 e. The van der Waals surface area contributed by atoms with Crippen molar-refractivity contribution in [1.82, 2.24) is 30.0 Å². The zero-order valence-corrected chi connectivity index (χ0v) is 19.3. The lowest BCUT2D eigenvalue weighted by Crippen LogP contribution is -2.25. The molecule has 0 spiro atoms. The molecule has 0 saturated carbocycles.